The Bertz CT molecular complexity index is 1010. The first-order valence-corrected chi connectivity index (χ1v) is 12.0. The Morgan fingerprint density at radius 1 is 1.00 bits per heavy atom. The van der Waals surface area contributed by atoms with Crippen molar-refractivity contribution in [3.8, 4) is 11.1 Å². The fourth-order valence-corrected chi connectivity index (χ4v) is 5.32. The normalized spacial score (nSPS) is 20.0. The van der Waals surface area contributed by atoms with Crippen molar-refractivity contribution in [2.45, 2.75) is 63.5 Å². The number of carboxylic acids is 1. The summed E-state index contributed by atoms with van der Waals surface area (Å²) in [5.74, 6) is -1.12. The van der Waals surface area contributed by atoms with Crippen LogP contribution in [0.2, 0.25) is 0 Å². The third kappa shape index (κ3) is 5.58. The zero-order valence-electron chi connectivity index (χ0n) is 19.5. The molecule has 0 unspecified atom stereocenters. The van der Waals surface area contributed by atoms with Gasteiger partial charge < -0.3 is 20.5 Å². The Morgan fingerprint density at radius 2 is 1.62 bits per heavy atom. The third-order valence-electron chi connectivity index (χ3n) is 6.89. The molecule has 7 nitrogen and oxygen atoms in total. The SMILES string of the molecule is C[C@@H](CC(=O)O)NC(=O)C[C@@H]1CCCC[C@@H]1NC(=O)OCC1c2ccccc2-c2ccccc21. The Kier molecular flexibility index (Phi) is 7.50. The average Bonchev–Trinajstić information content (AvgIpc) is 3.12. The van der Waals surface area contributed by atoms with E-state index < -0.39 is 18.1 Å². The average molecular weight is 465 g/mol. The van der Waals surface area contributed by atoms with Crippen molar-refractivity contribution in [2.24, 2.45) is 5.92 Å². The number of hydrogen-bond donors (Lipinski definition) is 3. The maximum Gasteiger partial charge on any atom is 0.407 e. The lowest BCUT2D eigenvalue weighted by atomic mass is 9.82. The maximum atomic E-state index is 12.7. The van der Waals surface area contributed by atoms with Crippen LogP contribution in [-0.4, -0.2) is 41.8 Å². The van der Waals surface area contributed by atoms with Gasteiger partial charge in [0.2, 0.25) is 5.91 Å². The lowest BCUT2D eigenvalue weighted by Gasteiger charge is -2.32. The fourth-order valence-electron chi connectivity index (χ4n) is 5.32. The number of benzene rings is 2. The Morgan fingerprint density at radius 3 is 2.26 bits per heavy atom. The van der Waals surface area contributed by atoms with E-state index in [-0.39, 0.29) is 43.2 Å². The first-order valence-electron chi connectivity index (χ1n) is 12.0. The highest BCUT2D eigenvalue weighted by Crippen LogP contribution is 2.44. The Hall–Kier alpha value is -3.35. The van der Waals surface area contributed by atoms with Crippen molar-refractivity contribution in [2.75, 3.05) is 6.61 Å². The predicted molar refractivity (Wildman–Crippen MR) is 128 cm³/mol. The van der Waals surface area contributed by atoms with E-state index in [2.05, 4.69) is 34.9 Å². The summed E-state index contributed by atoms with van der Waals surface area (Å²) in [5.41, 5.74) is 4.70. The van der Waals surface area contributed by atoms with Crippen LogP contribution in [0.5, 0.6) is 0 Å². The van der Waals surface area contributed by atoms with Gasteiger partial charge in [-0.3, -0.25) is 9.59 Å². The number of nitrogens with one attached hydrogen (secondary N) is 2. The number of fused-ring (bicyclic) bond motifs is 3. The van der Waals surface area contributed by atoms with Crippen molar-refractivity contribution in [3.05, 3.63) is 59.7 Å². The number of amides is 2. The summed E-state index contributed by atoms with van der Waals surface area (Å²) < 4.78 is 5.69. The highest BCUT2D eigenvalue weighted by molar-refractivity contribution is 5.79. The molecule has 180 valence electrons. The van der Waals surface area contributed by atoms with E-state index in [1.165, 1.54) is 22.3 Å². The van der Waals surface area contributed by atoms with E-state index in [0.29, 0.717) is 0 Å². The van der Waals surface area contributed by atoms with Gasteiger partial charge in [-0.25, -0.2) is 4.79 Å². The van der Waals surface area contributed by atoms with Gasteiger partial charge in [0.05, 0.1) is 6.42 Å². The summed E-state index contributed by atoms with van der Waals surface area (Å²) in [6, 6.07) is 15.9. The molecule has 7 heteroatoms. The molecule has 2 aliphatic rings. The van der Waals surface area contributed by atoms with Gasteiger partial charge in [-0.05, 0) is 47.9 Å². The van der Waals surface area contributed by atoms with Crippen LogP contribution in [0.3, 0.4) is 0 Å². The van der Waals surface area contributed by atoms with Gasteiger partial charge in [-0.2, -0.15) is 0 Å². The number of carbonyl (C=O) groups is 3. The molecule has 3 N–H and O–H groups in total. The van der Waals surface area contributed by atoms with Crippen LogP contribution in [0.25, 0.3) is 11.1 Å². The van der Waals surface area contributed by atoms with Gasteiger partial charge in [-0.1, -0.05) is 61.4 Å². The molecule has 2 aromatic carbocycles. The number of carboxylic acid groups (broad SMARTS) is 1. The lowest BCUT2D eigenvalue weighted by molar-refractivity contribution is -0.137. The van der Waals surface area contributed by atoms with Gasteiger partial charge >= 0.3 is 12.1 Å². The van der Waals surface area contributed by atoms with E-state index in [1.807, 2.05) is 24.3 Å². The molecule has 0 heterocycles. The molecule has 0 aliphatic heterocycles. The molecule has 2 aromatic rings. The number of rotatable bonds is 8. The van der Waals surface area contributed by atoms with Crippen molar-refractivity contribution in [3.63, 3.8) is 0 Å². The van der Waals surface area contributed by atoms with Gasteiger partial charge in [0.1, 0.15) is 6.61 Å². The first-order chi connectivity index (χ1) is 16.4. The fraction of sp³-hybridized carbons (Fsp3) is 0.444. The van der Waals surface area contributed by atoms with E-state index in [1.54, 1.807) is 6.92 Å². The number of alkyl carbamates (subject to hydrolysis) is 1. The molecule has 0 spiro atoms. The van der Waals surface area contributed by atoms with Crippen LogP contribution in [0, 0.1) is 5.92 Å². The maximum absolute atomic E-state index is 12.7. The van der Waals surface area contributed by atoms with Crippen LogP contribution in [-0.2, 0) is 14.3 Å². The zero-order valence-corrected chi connectivity index (χ0v) is 19.5. The lowest BCUT2D eigenvalue weighted by Crippen LogP contribution is -2.45. The highest BCUT2D eigenvalue weighted by Gasteiger charge is 2.31. The number of aliphatic carboxylic acids is 1. The minimum atomic E-state index is -0.944. The number of carbonyl (C=O) groups excluding carboxylic acids is 2. The molecule has 0 saturated heterocycles. The van der Waals surface area contributed by atoms with E-state index in [9.17, 15) is 14.4 Å². The number of ether oxygens (including phenoxy) is 1. The second-order valence-corrected chi connectivity index (χ2v) is 9.39. The molecule has 34 heavy (non-hydrogen) atoms. The largest absolute Gasteiger partial charge is 0.481 e. The van der Waals surface area contributed by atoms with Crippen LogP contribution in [0.1, 0.15) is 62.5 Å². The van der Waals surface area contributed by atoms with Gasteiger partial charge in [0.15, 0.2) is 0 Å². The summed E-state index contributed by atoms with van der Waals surface area (Å²) in [6.07, 6.45) is 3.32. The molecule has 1 fully saturated rings. The van der Waals surface area contributed by atoms with Crippen LogP contribution < -0.4 is 10.6 Å². The van der Waals surface area contributed by atoms with Crippen molar-refractivity contribution in [1.29, 1.82) is 0 Å². The van der Waals surface area contributed by atoms with Crippen LogP contribution in [0.4, 0.5) is 4.79 Å². The van der Waals surface area contributed by atoms with Gasteiger partial charge in [0, 0.05) is 24.4 Å². The first kappa shape index (κ1) is 23.8. The Balaban J connectivity index is 1.33. The second-order valence-electron chi connectivity index (χ2n) is 9.39. The van der Waals surface area contributed by atoms with Crippen molar-refractivity contribution in [1.82, 2.24) is 10.6 Å². The Labute approximate surface area is 199 Å². The summed E-state index contributed by atoms with van der Waals surface area (Å²) in [4.78, 5) is 36.0. The zero-order chi connectivity index (χ0) is 24.1. The second kappa shape index (κ2) is 10.7. The molecule has 2 aliphatic carbocycles. The molecule has 0 bridgehead atoms. The van der Waals surface area contributed by atoms with Crippen molar-refractivity contribution < 1.29 is 24.2 Å². The number of hydrogen-bond acceptors (Lipinski definition) is 4. The highest BCUT2D eigenvalue weighted by atomic mass is 16.5. The van der Waals surface area contributed by atoms with Crippen LogP contribution >= 0.6 is 0 Å². The predicted octanol–water partition coefficient (Wildman–Crippen LogP) is 4.45. The summed E-state index contributed by atoms with van der Waals surface area (Å²) >= 11 is 0. The van der Waals surface area contributed by atoms with E-state index in [0.717, 1.165) is 25.7 Å². The van der Waals surface area contributed by atoms with E-state index >= 15 is 0 Å². The standard InChI is InChI=1S/C27H32N2O5/c1-17(14-26(31)32)28-25(30)15-18-8-2-7-13-24(18)29-27(33)34-16-23-21-11-5-3-9-19(21)20-10-4-6-12-22(20)23/h3-6,9-12,17-18,23-24H,2,7-8,13-16H2,1H3,(H,28,30)(H,29,33)(H,31,32)/t17-,18-,24-/m0/s1. The monoisotopic (exact) mass is 464 g/mol. The summed E-state index contributed by atoms with van der Waals surface area (Å²) in [7, 11) is 0. The van der Waals surface area contributed by atoms with E-state index in [4.69, 9.17) is 9.84 Å². The smallest absolute Gasteiger partial charge is 0.407 e. The summed E-state index contributed by atoms with van der Waals surface area (Å²) in [5, 5.41) is 14.6. The van der Waals surface area contributed by atoms with Gasteiger partial charge in [0.25, 0.3) is 0 Å². The summed E-state index contributed by atoms with van der Waals surface area (Å²) in [6.45, 7) is 1.93. The van der Waals surface area contributed by atoms with Crippen molar-refractivity contribution >= 4 is 18.0 Å². The molecular weight excluding hydrogens is 432 g/mol. The molecule has 0 radical (unpaired) electrons. The minimum Gasteiger partial charge on any atom is -0.481 e. The molecule has 0 aromatic heterocycles. The molecular formula is C27H32N2O5. The van der Waals surface area contributed by atoms with Gasteiger partial charge in [-0.15, -0.1) is 0 Å². The quantitative estimate of drug-likeness (QED) is 0.535. The topological polar surface area (TPSA) is 105 Å². The molecule has 2 amide bonds. The molecule has 1 saturated carbocycles. The third-order valence-corrected chi connectivity index (χ3v) is 6.89. The molecule has 3 atom stereocenters. The minimum absolute atomic E-state index is 0.00167. The molecule has 4 rings (SSSR count). The van der Waals surface area contributed by atoms with Crippen LogP contribution in [0.15, 0.2) is 48.5 Å².